The van der Waals surface area contributed by atoms with Crippen molar-refractivity contribution < 1.29 is 4.74 Å². The van der Waals surface area contributed by atoms with E-state index in [2.05, 4.69) is 28.3 Å². The molecular formula is C11H18N2O. The van der Waals surface area contributed by atoms with Crippen LogP contribution >= 0.6 is 0 Å². The summed E-state index contributed by atoms with van der Waals surface area (Å²) in [5, 5.41) is 3.49. The van der Waals surface area contributed by atoms with Gasteiger partial charge in [-0.15, -0.1) is 0 Å². The van der Waals surface area contributed by atoms with Crippen molar-refractivity contribution in [3.05, 3.63) is 24.0 Å². The molecule has 1 N–H and O–H groups in total. The van der Waals surface area contributed by atoms with Gasteiger partial charge >= 0.3 is 0 Å². The Morgan fingerprint density at radius 2 is 2.43 bits per heavy atom. The van der Waals surface area contributed by atoms with Crippen molar-refractivity contribution in [3.8, 4) is 0 Å². The number of ether oxygens (including phenoxy) is 1. The maximum Gasteiger partial charge on any atom is 0.122 e. The first-order chi connectivity index (χ1) is 6.88. The number of nitrogens with zero attached hydrogens (tertiary/aromatic N) is 1. The van der Waals surface area contributed by atoms with Crippen LogP contribution in [0.15, 0.2) is 18.5 Å². The highest BCUT2D eigenvalue weighted by Gasteiger charge is 2.19. The third-order valence-electron chi connectivity index (χ3n) is 2.43. The van der Waals surface area contributed by atoms with Crippen LogP contribution in [0, 0.1) is 0 Å². The van der Waals surface area contributed by atoms with Crippen molar-refractivity contribution in [2.24, 2.45) is 0 Å². The Labute approximate surface area is 85.1 Å². The first-order valence-electron chi connectivity index (χ1n) is 5.34. The van der Waals surface area contributed by atoms with Gasteiger partial charge in [0.1, 0.15) is 6.73 Å². The third kappa shape index (κ3) is 2.86. The molecule has 3 heteroatoms. The van der Waals surface area contributed by atoms with Gasteiger partial charge in [0.25, 0.3) is 0 Å². The lowest BCUT2D eigenvalue weighted by atomic mass is 10.3. The normalized spacial score (nSPS) is 16.1. The van der Waals surface area contributed by atoms with Crippen molar-refractivity contribution >= 4 is 0 Å². The molecule has 0 atom stereocenters. The second kappa shape index (κ2) is 4.62. The van der Waals surface area contributed by atoms with E-state index in [1.807, 2.05) is 6.92 Å². The Balaban J connectivity index is 1.76. The molecule has 2 rings (SSSR count). The van der Waals surface area contributed by atoms with Crippen LogP contribution in [0.1, 0.15) is 25.3 Å². The van der Waals surface area contributed by atoms with E-state index in [0.29, 0.717) is 6.73 Å². The van der Waals surface area contributed by atoms with Crippen LogP contribution in [0.4, 0.5) is 0 Å². The SMILES string of the molecule is CCOCn1ccc(CNC2CC2)c1. The minimum atomic E-state index is 0.667. The van der Waals surface area contributed by atoms with E-state index >= 15 is 0 Å². The van der Waals surface area contributed by atoms with Crippen molar-refractivity contribution in [3.63, 3.8) is 0 Å². The average Bonchev–Trinajstić information content (AvgIpc) is 2.92. The zero-order valence-electron chi connectivity index (χ0n) is 8.70. The second-order valence-electron chi connectivity index (χ2n) is 3.81. The van der Waals surface area contributed by atoms with Crippen molar-refractivity contribution in [1.82, 2.24) is 9.88 Å². The van der Waals surface area contributed by atoms with Gasteiger partial charge in [-0.2, -0.15) is 0 Å². The molecule has 0 saturated heterocycles. The smallest absolute Gasteiger partial charge is 0.122 e. The molecule has 1 saturated carbocycles. The fraction of sp³-hybridized carbons (Fsp3) is 0.636. The Morgan fingerprint density at radius 3 is 3.14 bits per heavy atom. The first-order valence-corrected chi connectivity index (χ1v) is 5.34. The van der Waals surface area contributed by atoms with Gasteiger partial charge < -0.3 is 14.6 Å². The fourth-order valence-corrected chi connectivity index (χ4v) is 1.42. The van der Waals surface area contributed by atoms with Crippen LogP contribution in [-0.4, -0.2) is 17.2 Å². The van der Waals surface area contributed by atoms with E-state index in [1.54, 1.807) is 0 Å². The predicted molar refractivity (Wildman–Crippen MR) is 55.9 cm³/mol. The first kappa shape index (κ1) is 9.74. The topological polar surface area (TPSA) is 26.2 Å². The number of hydrogen-bond donors (Lipinski definition) is 1. The molecule has 0 aliphatic heterocycles. The van der Waals surface area contributed by atoms with Crippen LogP contribution in [0.5, 0.6) is 0 Å². The van der Waals surface area contributed by atoms with Gasteiger partial charge in [-0.3, -0.25) is 0 Å². The summed E-state index contributed by atoms with van der Waals surface area (Å²) >= 11 is 0. The zero-order chi connectivity index (χ0) is 9.80. The Bertz CT molecular complexity index is 279. The molecule has 0 spiro atoms. The second-order valence-corrected chi connectivity index (χ2v) is 3.81. The summed E-state index contributed by atoms with van der Waals surface area (Å²) in [4.78, 5) is 0. The van der Waals surface area contributed by atoms with Gasteiger partial charge in [-0.25, -0.2) is 0 Å². The third-order valence-corrected chi connectivity index (χ3v) is 2.43. The lowest BCUT2D eigenvalue weighted by Crippen LogP contribution is -2.14. The van der Waals surface area contributed by atoms with Gasteiger partial charge in [0, 0.05) is 31.6 Å². The van der Waals surface area contributed by atoms with Gasteiger partial charge in [-0.05, 0) is 31.4 Å². The number of rotatable bonds is 6. The largest absolute Gasteiger partial charge is 0.361 e. The molecule has 0 bridgehead atoms. The van der Waals surface area contributed by atoms with Gasteiger partial charge in [0.15, 0.2) is 0 Å². The van der Waals surface area contributed by atoms with E-state index in [4.69, 9.17) is 4.74 Å². The molecule has 1 aliphatic rings. The predicted octanol–water partition coefficient (Wildman–Crippen LogP) is 1.73. The van der Waals surface area contributed by atoms with Crippen LogP contribution in [0.3, 0.4) is 0 Å². The maximum atomic E-state index is 5.31. The molecule has 1 fully saturated rings. The van der Waals surface area contributed by atoms with Gasteiger partial charge in [0.05, 0.1) is 0 Å². The van der Waals surface area contributed by atoms with E-state index < -0.39 is 0 Å². The lowest BCUT2D eigenvalue weighted by Gasteiger charge is -2.02. The minimum Gasteiger partial charge on any atom is -0.361 e. The highest BCUT2D eigenvalue weighted by molar-refractivity contribution is 5.10. The Morgan fingerprint density at radius 1 is 1.57 bits per heavy atom. The zero-order valence-corrected chi connectivity index (χ0v) is 8.70. The summed E-state index contributed by atoms with van der Waals surface area (Å²) in [6.45, 7) is 4.44. The number of aromatic nitrogens is 1. The van der Waals surface area contributed by atoms with Crippen molar-refractivity contribution in [2.75, 3.05) is 6.61 Å². The molecular weight excluding hydrogens is 176 g/mol. The van der Waals surface area contributed by atoms with Crippen LogP contribution in [0.2, 0.25) is 0 Å². The fourth-order valence-electron chi connectivity index (χ4n) is 1.42. The average molecular weight is 194 g/mol. The quantitative estimate of drug-likeness (QED) is 0.746. The van der Waals surface area contributed by atoms with Crippen LogP contribution in [0.25, 0.3) is 0 Å². The summed E-state index contributed by atoms with van der Waals surface area (Å²) in [5.41, 5.74) is 1.34. The van der Waals surface area contributed by atoms with Gasteiger partial charge in [-0.1, -0.05) is 0 Å². The summed E-state index contributed by atoms with van der Waals surface area (Å²) in [5.74, 6) is 0. The number of nitrogens with one attached hydrogen (secondary N) is 1. The highest BCUT2D eigenvalue weighted by atomic mass is 16.5. The van der Waals surface area contributed by atoms with Crippen molar-refractivity contribution in [1.29, 1.82) is 0 Å². The van der Waals surface area contributed by atoms with E-state index in [1.165, 1.54) is 18.4 Å². The van der Waals surface area contributed by atoms with Crippen LogP contribution < -0.4 is 5.32 Å². The number of hydrogen-bond acceptors (Lipinski definition) is 2. The van der Waals surface area contributed by atoms with E-state index in [9.17, 15) is 0 Å². The maximum absolute atomic E-state index is 5.31. The highest BCUT2D eigenvalue weighted by Crippen LogP contribution is 2.19. The van der Waals surface area contributed by atoms with Crippen LogP contribution in [-0.2, 0) is 18.0 Å². The van der Waals surface area contributed by atoms with E-state index in [-0.39, 0.29) is 0 Å². The molecule has 3 nitrogen and oxygen atoms in total. The molecule has 1 aromatic heterocycles. The molecule has 1 aromatic rings. The molecule has 1 heterocycles. The standard InChI is InChI=1S/C11H18N2O/c1-2-14-9-13-6-5-10(8-13)7-12-11-3-4-11/h5-6,8,11-12H,2-4,7,9H2,1H3. The molecule has 0 radical (unpaired) electrons. The van der Waals surface area contributed by atoms with Gasteiger partial charge in [0.2, 0.25) is 0 Å². The molecule has 0 aromatic carbocycles. The summed E-state index contributed by atoms with van der Waals surface area (Å²) in [6, 6.07) is 2.93. The summed E-state index contributed by atoms with van der Waals surface area (Å²) in [6.07, 6.45) is 6.91. The Hall–Kier alpha value is -0.800. The Kier molecular flexibility index (Phi) is 3.22. The molecule has 0 amide bonds. The van der Waals surface area contributed by atoms with Crippen molar-refractivity contribution in [2.45, 2.75) is 39.1 Å². The monoisotopic (exact) mass is 194 g/mol. The van der Waals surface area contributed by atoms with E-state index in [0.717, 1.165) is 19.2 Å². The molecule has 0 unspecified atom stereocenters. The molecule has 78 valence electrons. The summed E-state index contributed by atoms with van der Waals surface area (Å²) < 4.78 is 7.39. The molecule has 14 heavy (non-hydrogen) atoms. The summed E-state index contributed by atoms with van der Waals surface area (Å²) in [7, 11) is 0. The molecule has 1 aliphatic carbocycles. The lowest BCUT2D eigenvalue weighted by molar-refractivity contribution is 0.0880. The minimum absolute atomic E-state index is 0.667.